The van der Waals surface area contributed by atoms with Gasteiger partial charge in [0.1, 0.15) is 11.9 Å². The third-order valence-electron chi connectivity index (χ3n) is 2.73. The van der Waals surface area contributed by atoms with Crippen LogP contribution in [0.15, 0.2) is 24.3 Å². The van der Waals surface area contributed by atoms with Crippen molar-refractivity contribution in [2.45, 2.75) is 32.5 Å². The predicted molar refractivity (Wildman–Crippen MR) is 70.0 cm³/mol. The van der Waals surface area contributed by atoms with Crippen LogP contribution >= 0.6 is 0 Å². The first kappa shape index (κ1) is 16.0. The fourth-order valence-electron chi connectivity index (χ4n) is 1.59. The standard InChI is InChI=1S/C14H18O6/c1-8(2)13(18)14(19)20-11(7-12(16)17)9-4-3-5-10(15)6-9/h3-6,8,11,13,15,18H,7H2,1-2H3,(H,16,17). The van der Waals surface area contributed by atoms with Gasteiger partial charge in [-0.3, -0.25) is 4.79 Å². The van der Waals surface area contributed by atoms with Crippen LogP contribution in [0.2, 0.25) is 0 Å². The number of carboxylic acids is 1. The maximum atomic E-state index is 11.7. The second-order valence-corrected chi connectivity index (χ2v) is 4.81. The molecular weight excluding hydrogens is 264 g/mol. The Kier molecular flexibility index (Phi) is 5.52. The van der Waals surface area contributed by atoms with Crippen molar-refractivity contribution >= 4 is 11.9 Å². The number of esters is 1. The number of benzene rings is 1. The highest BCUT2D eigenvalue weighted by Crippen LogP contribution is 2.25. The summed E-state index contributed by atoms with van der Waals surface area (Å²) in [6.45, 7) is 3.29. The molecule has 1 rings (SSSR count). The zero-order chi connectivity index (χ0) is 15.3. The Bertz CT molecular complexity index is 482. The first-order chi connectivity index (χ1) is 9.31. The van der Waals surface area contributed by atoms with Gasteiger partial charge in [-0.2, -0.15) is 0 Å². The molecule has 0 aliphatic carbocycles. The van der Waals surface area contributed by atoms with E-state index in [0.29, 0.717) is 5.56 Å². The minimum atomic E-state index is -1.32. The van der Waals surface area contributed by atoms with Crippen molar-refractivity contribution in [1.82, 2.24) is 0 Å². The quantitative estimate of drug-likeness (QED) is 0.682. The molecule has 0 heterocycles. The zero-order valence-electron chi connectivity index (χ0n) is 11.3. The summed E-state index contributed by atoms with van der Waals surface area (Å²) in [4.78, 5) is 22.5. The Hall–Kier alpha value is -2.08. The third kappa shape index (κ3) is 4.55. The van der Waals surface area contributed by atoms with Gasteiger partial charge in [0.25, 0.3) is 0 Å². The van der Waals surface area contributed by atoms with Gasteiger partial charge in [0.2, 0.25) is 0 Å². The van der Waals surface area contributed by atoms with Crippen LogP contribution in [0.5, 0.6) is 5.75 Å². The van der Waals surface area contributed by atoms with E-state index < -0.39 is 30.6 Å². The van der Waals surface area contributed by atoms with Crippen LogP contribution in [0.3, 0.4) is 0 Å². The number of carboxylic acid groups (broad SMARTS) is 1. The minimum Gasteiger partial charge on any atom is -0.508 e. The smallest absolute Gasteiger partial charge is 0.335 e. The fourth-order valence-corrected chi connectivity index (χ4v) is 1.59. The van der Waals surface area contributed by atoms with Crippen molar-refractivity contribution in [2.75, 3.05) is 0 Å². The summed E-state index contributed by atoms with van der Waals surface area (Å²) >= 11 is 0. The van der Waals surface area contributed by atoms with Gasteiger partial charge >= 0.3 is 11.9 Å². The van der Waals surface area contributed by atoms with E-state index in [-0.39, 0.29) is 11.7 Å². The monoisotopic (exact) mass is 282 g/mol. The molecule has 0 fully saturated rings. The first-order valence-corrected chi connectivity index (χ1v) is 6.20. The Morgan fingerprint density at radius 2 is 1.95 bits per heavy atom. The number of aromatic hydroxyl groups is 1. The highest BCUT2D eigenvalue weighted by Gasteiger charge is 2.26. The number of rotatable bonds is 6. The Morgan fingerprint density at radius 1 is 1.30 bits per heavy atom. The molecule has 0 amide bonds. The van der Waals surface area contributed by atoms with E-state index in [1.165, 1.54) is 18.2 Å². The van der Waals surface area contributed by atoms with Crippen molar-refractivity contribution < 1.29 is 29.6 Å². The molecule has 0 saturated carbocycles. The molecule has 1 aromatic carbocycles. The van der Waals surface area contributed by atoms with Crippen molar-refractivity contribution in [3.05, 3.63) is 29.8 Å². The number of phenols is 1. The lowest BCUT2D eigenvalue weighted by atomic mass is 10.0. The van der Waals surface area contributed by atoms with E-state index in [9.17, 15) is 19.8 Å². The molecule has 0 spiro atoms. The number of phenolic OH excluding ortho intramolecular Hbond substituents is 1. The highest BCUT2D eigenvalue weighted by atomic mass is 16.6. The van der Waals surface area contributed by atoms with Gasteiger partial charge in [-0.1, -0.05) is 26.0 Å². The molecule has 0 radical (unpaired) electrons. The van der Waals surface area contributed by atoms with E-state index in [4.69, 9.17) is 9.84 Å². The molecule has 6 nitrogen and oxygen atoms in total. The van der Waals surface area contributed by atoms with Crippen LogP contribution in [0.25, 0.3) is 0 Å². The van der Waals surface area contributed by atoms with Gasteiger partial charge in [-0.15, -0.1) is 0 Å². The summed E-state index contributed by atoms with van der Waals surface area (Å²) in [5, 5.41) is 27.9. The van der Waals surface area contributed by atoms with Crippen LogP contribution in [-0.4, -0.2) is 33.4 Å². The average molecular weight is 282 g/mol. The normalized spacial score (nSPS) is 13.8. The number of aliphatic carboxylic acids is 1. The summed E-state index contributed by atoms with van der Waals surface area (Å²) in [6.07, 6.45) is -2.82. The highest BCUT2D eigenvalue weighted by molar-refractivity contribution is 5.76. The molecule has 0 aliphatic heterocycles. The first-order valence-electron chi connectivity index (χ1n) is 6.20. The summed E-state index contributed by atoms with van der Waals surface area (Å²) in [7, 11) is 0. The molecule has 0 aromatic heterocycles. The maximum Gasteiger partial charge on any atom is 0.335 e. The molecule has 0 bridgehead atoms. The summed E-state index contributed by atoms with van der Waals surface area (Å²) in [5.41, 5.74) is 0.358. The van der Waals surface area contributed by atoms with Crippen molar-refractivity contribution in [2.24, 2.45) is 5.92 Å². The molecule has 3 N–H and O–H groups in total. The van der Waals surface area contributed by atoms with Crippen LogP contribution in [0.1, 0.15) is 31.9 Å². The van der Waals surface area contributed by atoms with E-state index in [1.807, 2.05) is 0 Å². The van der Waals surface area contributed by atoms with Crippen molar-refractivity contribution in [1.29, 1.82) is 0 Å². The Morgan fingerprint density at radius 3 is 2.45 bits per heavy atom. The van der Waals surface area contributed by atoms with Crippen LogP contribution < -0.4 is 0 Å². The minimum absolute atomic E-state index is 0.0571. The van der Waals surface area contributed by atoms with Crippen LogP contribution in [0, 0.1) is 5.92 Å². The molecule has 20 heavy (non-hydrogen) atoms. The number of hydrogen-bond acceptors (Lipinski definition) is 5. The zero-order valence-corrected chi connectivity index (χ0v) is 11.3. The van der Waals surface area contributed by atoms with Crippen LogP contribution in [-0.2, 0) is 14.3 Å². The molecule has 110 valence electrons. The fraction of sp³-hybridized carbons (Fsp3) is 0.429. The average Bonchev–Trinajstić information content (AvgIpc) is 2.36. The van der Waals surface area contributed by atoms with Gasteiger partial charge in [0, 0.05) is 0 Å². The number of hydrogen-bond donors (Lipinski definition) is 3. The lowest BCUT2D eigenvalue weighted by molar-refractivity contribution is -0.164. The van der Waals surface area contributed by atoms with Gasteiger partial charge in [0.05, 0.1) is 6.42 Å². The van der Waals surface area contributed by atoms with Gasteiger partial charge in [-0.05, 0) is 23.6 Å². The second kappa shape index (κ2) is 6.91. The molecule has 2 atom stereocenters. The topological polar surface area (TPSA) is 104 Å². The second-order valence-electron chi connectivity index (χ2n) is 4.81. The molecule has 0 aliphatic rings. The molecule has 0 saturated heterocycles. The van der Waals surface area contributed by atoms with Gasteiger partial charge in [-0.25, -0.2) is 4.79 Å². The van der Waals surface area contributed by atoms with Gasteiger partial charge < -0.3 is 20.1 Å². The SMILES string of the molecule is CC(C)C(O)C(=O)OC(CC(=O)O)c1cccc(O)c1. The number of carbonyl (C=O) groups excluding carboxylic acids is 1. The summed E-state index contributed by atoms with van der Waals surface area (Å²) in [6, 6.07) is 5.81. The van der Waals surface area contributed by atoms with E-state index >= 15 is 0 Å². The maximum absolute atomic E-state index is 11.7. The van der Waals surface area contributed by atoms with E-state index in [0.717, 1.165) is 0 Å². The Balaban J connectivity index is 2.90. The van der Waals surface area contributed by atoms with E-state index in [2.05, 4.69) is 0 Å². The van der Waals surface area contributed by atoms with Crippen molar-refractivity contribution in [3.63, 3.8) is 0 Å². The Labute approximate surface area is 116 Å². The van der Waals surface area contributed by atoms with Gasteiger partial charge in [0.15, 0.2) is 6.10 Å². The number of aliphatic hydroxyl groups excluding tert-OH is 1. The molecular formula is C14H18O6. The lowest BCUT2D eigenvalue weighted by Crippen LogP contribution is -2.30. The molecule has 2 unspecified atom stereocenters. The van der Waals surface area contributed by atoms with Crippen LogP contribution in [0.4, 0.5) is 0 Å². The number of aliphatic hydroxyl groups is 1. The third-order valence-corrected chi connectivity index (χ3v) is 2.73. The lowest BCUT2D eigenvalue weighted by Gasteiger charge is -2.20. The predicted octanol–water partition coefficient (Wildman–Crippen LogP) is 1.47. The van der Waals surface area contributed by atoms with Crippen molar-refractivity contribution in [3.8, 4) is 5.75 Å². The largest absolute Gasteiger partial charge is 0.508 e. The summed E-state index contributed by atoms with van der Waals surface area (Å²) in [5.74, 6) is -2.42. The molecule has 6 heteroatoms. The van der Waals surface area contributed by atoms with E-state index in [1.54, 1.807) is 19.9 Å². The molecule has 1 aromatic rings. The number of carbonyl (C=O) groups is 2. The number of ether oxygens (including phenoxy) is 1. The summed E-state index contributed by atoms with van der Waals surface area (Å²) < 4.78 is 5.04.